The first-order valence-corrected chi connectivity index (χ1v) is 34.0. The Balaban J connectivity index is 0.000000208. The highest BCUT2D eigenvalue weighted by atomic mass is 35.5. The number of hydrogen-bond donors (Lipinski definition) is 5. The molecular formula is C71H68Cl4F2N18O8. The number of hydrogen-bond acceptors (Lipinski definition) is 17. The molecule has 7 amide bonds. The molecule has 0 unspecified atom stereocenters. The van der Waals surface area contributed by atoms with E-state index in [9.17, 15) is 52.9 Å². The quantitative estimate of drug-likeness (QED) is 0.0394. The van der Waals surface area contributed by atoms with Gasteiger partial charge in [-0.15, -0.1) is 0 Å². The summed E-state index contributed by atoms with van der Waals surface area (Å²) < 4.78 is 37.1. The average Bonchev–Trinajstić information content (AvgIpc) is 1.56. The number of nitriles is 2. The molecule has 2 aliphatic heterocycles. The van der Waals surface area contributed by atoms with Crippen LogP contribution in [0.4, 0.5) is 36.8 Å². The second-order valence-electron chi connectivity index (χ2n) is 27.0. The van der Waals surface area contributed by atoms with Gasteiger partial charge in [-0.3, -0.25) is 37.9 Å². The standard InChI is InChI=1S/C37H36Cl2FN9O5.C34H32Cl2FN9O3/c1-35(2,3)54-34(53)44-15-10-26(29(50)47-37(11-12-37)31-42-13-5-14-43-31)46-30(51)27-20-45-33-48(23-16-24(38)28(40)25(39)17-23)32(52)36(4,49(27)33)18-21-6-8-22(19-41)9-7-21;1-33(17-20-5-7-21(18-38)8-6-20)31(49)45(22-15-23(35)27(37)24(36)16-22)32-41-19-26(46(32)33)29(48)42-25(9-14-44(2)3)28(47)43-34(10-11-34)30-39-12-4-13-40-30/h5-9,13-14,16-17,20,26H,10-12,15,18H2,1-4H3,(H,44,53)(H,46,51)(H,47,50);4-8,12-13,15-16,19,25H,9-11,14,17H2,1-3H3,(H,42,48)(H,43,47)/t26-,36+;25-,33+/m00/s1. The molecule has 0 spiro atoms. The summed E-state index contributed by atoms with van der Waals surface area (Å²) in [5, 5.41) is 31.7. The van der Waals surface area contributed by atoms with Gasteiger partial charge in [-0.05, 0) is 166 Å². The number of alkyl carbamates (subject to hydrolysis) is 1. The van der Waals surface area contributed by atoms with Crippen molar-refractivity contribution in [2.75, 3.05) is 37.0 Å². The van der Waals surface area contributed by atoms with E-state index in [2.05, 4.69) is 68.6 Å². The molecule has 103 heavy (non-hydrogen) atoms. The maximum atomic E-state index is 14.5. The first-order chi connectivity index (χ1) is 48.9. The molecule has 4 aliphatic rings. The number of halogens is 6. The third-order valence-corrected chi connectivity index (χ3v) is 18.9. The van der Waals surface area contributed by atoms with Crippen molar-refractivity contribution >= 4 is 111 Å². The molecule has 32 heteroatoms. The predicted octanol–water partition coefficient (Wildman–Crippen LogP) is 9.93. The van der Waals surface area contributed by atoms with Gasteiger partial charge in [0.1, 0.15) is 51.2 Å². The lowest BCUT2D eigenvalue weighted by Gasteiger charge is -2.27. The largest absolute Gasteiger partial charge is 0.444 e. The van der Waals surface area contributed by atoms with Crippen LogP contribution in [0.3, 0.4) is 0 Å². The van der Waals surface area contributed by atoms with Crippen LogP contribution >= 0.6 is 46.4 Å². The minimum atomic E-state index is -1.50. The molecule has 4 aromatic heterocycles. The number of aromatic nitrogens is 8. The van der Waals surface area contributed by atoms with Crippen LogP contribution in [-0.4, -0.2) is 130 Å². The third kappa shape index (κ3) is 15.5. The summed E-state index contributed by atoms with van der Waals surface area (Å²) in [6.45, 7) is 8.88. The Kier molecular flexibility index (Phi) is 21.1. The molecule has 12 rings (SSSR count). The van der Waals surface area contributed by atoms with Gasteiger partial charge in [-0.2, -0.15) is 10.5 Å². The summed E-state index contributed by atoms with van der Waals surface area (Å²) in [5.41, 5.74) is -2.75. The number of carbonyl (C=O) groups is 7. The van der Waals surface area contributed by atoms with Crippen LogP contribution in [0.15, 0.2) is 122 Å². The molecule has 6 heterocycles. The second kappa shape index (κ2) is 29.5. The van der Waals surface area contributed by atoms with E-state index in [-0.39, 0.29) is 87.0 Å². The van der Waals surface area contributed by atoms with Gasteiger partial charge < -0.3 is 36.2 Å². The molecule has 4 atom stereocenters. The summed E-state index contributed by atoms with van der Waals surface area (Å²) >= 11 is 24.5. The van der Waals surface area contributed by atoms with Crippen LogP contribution in [0, 0.1) is 34.3 Å². The second-order valence-corrected chi connectivity index (χ2v) is 28.6. The molecular weight excluding hydrogens is 1410 g/mol. The van der Waals surface area contributed by atoms with Crippen molar-refractivity contribution in [2.24, 2.45) is 0 Å². The summed E-state index contributed by atoms with van der Waals surface area (Å²) in [6.07, 6.45) is 11.2. The Morgan fingerprint density at radius 3 is 1.31 bits per heavy atom. The van der Waals surface area contributed by atoms with Crippen molar-refractivity contribution in [3.05, 3.63) is 199 Å². The Morgan fingerprint density at radius 2 is 0.971 bits per heavy atom. The SMILES string of the molecule is CC(C)(C)OC(=O)NCC[C@H](NC(=O)c1cnc2n1[C@](C)(Cc1ccc(C#N)cc1)C(=O)N2c1cc(Cl)c(F)c(Cl)c1)C(=O)NC1(c2ncccn2)CC1.CN(C)CC[C@H](NC(=O)c1cnc2n1[C@](C)(Cc1ccc(C#N)cc1)C(=O)N2c1cc(Cl)c(F)c(Cl)c1)C(=O)NC1(c2ncccn2)CC1. The molecule has 26 nitrogen and oxygen atoms in total. The lowest BCUT2D eigenvalue weighted by Crippen LogP contribution is -2.52. The molecule has 2 aliphatic carbocycles. The lowest BCUT2D eigenvalue weighted by molar-refractivity contribution is -0.125. The highest BCUT2D eigenvalue weighted by molar-refractivity contribution is 6.36. The number of rotatable bonds is 22. The third-order valence-electron chi connectivity index (χ3n) is 17.8. The normalized spacial score (nSPS) is 17.9. The van der Waals surface area contributed by atoms with E-state index in [4.69, 9.17) is 51.1 Å². The number of amides is 7. The maximum absolute atomic E-state index is 14.5. The van der Waals surface area contributed by atoms with E-state index in [0.29, 0.717) is 66.1 Å². The molecule has 532 valence electrons. The zero-order valence-corrected chi connectivity index (χ0v) is 59.6. The van der Waals surface area contributed by atoms with Gasteiger partial charge in [-0.1, -0.05) is 70.7 Å². The van der Waals surface area contributed by atoms with Gasteiger partial charge in [0, 0.05) is 44.2 Å². The van der Waals surface area contributed by atoms with Crippen molar-refractivity contribution in [2.45, 2.75) is 126 Å². The number of nitrogens with zero attached hydrogens (tertiary/aromatic N) is 13. The number of fused-ring (bicyclic) bond motifs is 2. The topological polar surface area (TPSA) is 333 Å². The Labute approximate surface area is 610 Å². The number of anilines is 4. The number of ether oxygens (including phenoxy) is 1. The fourth-order valence-electron chi connectivity index (χ4n) is 12.3. The molecule has 4 aromatic carbocycles. The van der Waals surface area contributed by atoms with Gasteiger partial charge in [0.2, 0.25) is 23.7 Å². The lowest BCUT2D eigenvalue weighted by atomic mass is 9.91. The van der Waals surface area contributed by atoms with Crippen molar-refractivity contribution < 1.29 is 47.1 Å². The Bertz CT molecular complexity index is 4690. The molecule has 2 saturated carbocycles. The maximum Gasteiger partial charge on any atom is 0.407 e. The van der Waals surface area contributed by atoms with Crippen LogP contribution in [0.5, 0.6) is 0 Å². The fraction of sp³-hybridized carbons (Fsp3) is 0.338. The van der Waals surface area contributed by atoms with Gasteiger partial charge in [0.15, 0.2) is 23.3 Å². The zero-order valence-electron chi connectivity index (χ0n) is 56.6. The molecule has 2 fully saturated rings. The van der Waals surface area contributed by atoms with Crippen molar-refractivity contribution in [1.82, 2.24) is 70.5 Å². The summed E-state index contributed by atoms with van der Waals surface area (Å²) in [5.74, 6) is -3.99. The number of carbonyl (C=O) groups excluding carboxylic acids is 7. The van der Waals surface area contributed by atoms with E-state index in [1.54, 1.807) is 120 Å². The van der Waals surface area contributed by atoms with Gasteiger partial charge in [-0.25, -0.2) is 53.3 Å². The molecule has 5 N–H and O–H groups in total. The average molecular weight is 1480 g/mol. The fourth-order valence-corrected chi connectivity index (χ4v) is 13.2. The minimum absolute atomic E-state index is 0.0193. The zero-order chi connectivity index (χ0) is 74.1. The van der Waals surface area contributed by atoms with E-state index >= 15 is 0 Å². The smallest absolute Gasteiger partial charge is 0.407 e. The molecule has 0 bridgehead atoms. The van der Waals surface area contributed by atoms with E-state index in [0.717, 1.165) is 0 Å². The van der Waals surface area contributed by atoms with Gasteiger partial charge in [0.25, 0.3) is 23.6 Å². The van der Waals surface area contributed by atoms with Crippen LogP contribution in [0.2, 0.25) is 20.1 Å². The summed E-state index contributed by atoms with van der Waals surface area (Å²) in [6, 6.07) is 23.7. The minimum Gasteiger partial charge on any atom is -0.444 e. The van der Waals surface area contributed by atoms with Crippen molar-refractivity contribution in [3.8, 4) is 12.1 Å². The van der Waals surface area contributed by atoms with Crippen LogP contribution in [0.1, 0.15) is 128 Å². The van der Waals surface area contributed by atoms with Crippen molar-refractivity contribution in [3.63, 3.8) is 0 Å². The molecule has 8 aromatic rings. The summed E-state index contributed by atoms with van der Waals surface area (Å²) in [7, 11) is 3.73. The van der Waals surface area contributed by atoms with E-state index in [1.807, 2.05) is 19.0 Å². The first kappa shape index (κ1) is 73.7. The Hall–Kier alpha value is -10.5. The van der Waals surface area contributed by atoms with Crippen LogP contribution in [-0.2, 0) is 58.9 Å². The van der Waals surface area contributed by atoms with Crippen LogP contribution in [0.25, 0.3) is 0 Å². The number of benzene rings is 4. The number of imidazole rings is 2. The van der Waals surface area contributed by atoms with Crippen LogP contribution < -0.4 is 36.4 Å². The van der Waals surface area contributed by atoms with Gasteiger partial charge in [0.05, 0.1) is 67.1 Å². The van der Waals surface area contributed by atoms with Crippen molar-refractivity contribution in [1.29, 1.82) is 10.5 Å². The monoisotopic (exact) mass is 1480 g/mol. The van der Waals surface area contributed by atoms with Gasteiger partial charge >= 0.3 is 6.09 Å². The predicted molar refractivity (Wildman–Crippen MR) is 375 cm³/mol. The summed E-state index contributed by atoms with van der Waals surface area (Å²) in [4.78, 5) is 128. The van der Waals surface area contributed by atoms with E-state index < -0.39 is 93.0 Å². The highest BCUT2D eigenvalue weighted by Gasteiger charge is 2.55. The first-order valence-electron chi connectivity index (χ1n) is 32.5. The molecule has 0 radical (unpaired) electrons. The molecule has 0 saturated heterocycles. The van der Waals surface area contributed by atoms with E-state index in [1.165, 1.54) is 55.6 Å². The highest BCUT2D eigenvalue weighted by Crippen LogP contribution is 2.48. The Morgan fingerprint density at radius 1 is 0.602 bits per heavy atom. The number of nitrogens with one attached hydrogen (secondary N) is 5.